The molecule has 2 aliphatic rings. The van der Waals surface area contributed by atoms with Gasteiger partial charge < -0.3 is 61.5 Å². The van der Waals surface area contributed by atoms with Gasteiger partial charge in [0.1, 0.15) is 53.9 Å². The van der Waals surface area contributed by atoms with Crippen LogP contribution in [-0.2, 0) is 62.5 Å². The van der Waals surface area contributed by atoms with E-state index in [1.165, 1.54) is 50.4 Å². The van der Waals surface area contributed by atoms with Crippen molar-refractivity contribution in [2.75, 3.05) is 7.05 Å². The maximum atomic E-state index is 15.1. The van der Waals surface area contributed by atoms with Crippen LogP contribution >= 0.6 is 0 Å². The first kappa shape index (κ1) is 55.4. The predicted molar refractivity (Wildman–Crippen MR) is 258 cm³/mol. The highest BCUT2D eigenvalue weighted by Crippen LogP contribution is 2.26. The second-order valence-electron chi connectivity index (χ2n) is 18.5. The first-order valence-electron chi connectivity index (χ1n) is 23.9. The molecule has 7 amide bonds. The Morgan fingerprint density at radius 1 is 0.806 bits per heavy atom. The average Bonchev–Trinajstić information content (AvgIpc) is 3.33. The van der Waals surface area contributed by atoms with Gasteiger partial charge >= 0.3 is 18.0 Å². The fourth-order valence-corrected chi connectivity index (χ4v) is 8.62. The number of aryl methyl sites for hydroxylation is 1. The second-order valence-corrected chi connectivity index (χ2v) is 18.5. The summed E-state index contributed by atoms with van der Waals surface area (Å²) in [6.07, 6.45) is -4.03. The Kier molecular flexibility index (Phi) is 19.6. The first-order chi connectivity index (χ1) is 34.2. The molecule has 1 heterocycles. The number of likely N-dealkylation sites (N-methyl/N-ethyl adjacent to an activating group) is 1. The Morgan fingerprint density at radius 3 is 2.03 bits per heavy atom. The van der Waals surface area contributed by atoms with Crippen LogP contribution in [0.25, 0.3) is 0 Å². The number of nitrogens with one attached hydrogen (secondary N) is 5. The number of ketones is 1. The van der Waals surface area contributed by atoms with Gasteiger partial charge in [0.15, 0.2) is 5.78 Å². The minimum atomic E-state index is -1.90. The van der Waals surface area contributed by atoms with Crippen molar-refractivity contribution in [2.45, 2.75) is 140 Å². The number of benzene rings is 3. The summed E-state index contributed by atoms with van der Waals surface area (Å²) in [5.74, 6) is -8.83. The van der Waals surface area contributed by atoms with Crippen LogP contribution in [0, 0.1) is 5.92 Å². The number of urea groups is 1. The molecule has 3 aromatic carbocycles. The van der Waals surface area contributed by atoms with Crippen molar-refractivity contribution in [3.05, 3.63) is 95.6 Å². The van der Waals surface area contributed by atoms with E-state index < -0.39 is 120 Å². The smallest absolute Gasteiger partial charge is 0.329 e. The van der Waals surface area contributed by atoms with Crippen molar-refractivity contribution in [2.24, 2.45) is 5.92 Å². The second kappa shape index (κ2) is 25.5. The molecule has 1 aliphatic heterocycles. The number of cyclic esters (lactones) is 1. The Morgan fingerprint density at radius 2 is 1.43 bits per heavy atom. The molecule has 1 aliphatic carbocycles. The van der Waals surface area contributed by atoms with Crippen LogP contribution in [0.2, 0.25) is 0 Å². The van der Waals surface area contributed by atoms with Crippen molar-refractivity contribution >= 4 is 53.3 Å². The standard InChI is InChI=1S/C51H65N7O14/c1-6-10-40(62)52-37(26-41(63)64)47(67)56-43-29(4)72-50(70)42(28(2)3)55-48(68)38(23-17-30-13-18-33(59)19-14-30)57(5)51(71)58(27-32-11-8-7-9-12-32)44-39(61)24-22-35(45(44)65)53-46(66)36(54-49(43)69)25-31-15-20-34(60)21-16-31/h7-9,11-16,18-21,28-29,35-39,42-44,59-61H,6,10,17,22-27H2,1-5H3,(H,52,62)(H,53,66)(H,54,69)(H,55,68)(H,56,67)(H,63,64). The van der Waals surface area contributed by atoms with E-state index in [1.54, 1.807) is 63.2 Å². The lowest BCUT2D eigenvalue weighted by molar-refractivity contribution is -0.157. The minimum Gasteiger partial charge on any atom is -0.508 e. The maximum Gasteiger partial charge on any atom is 0.329 e. The number of hydrogen-bond acceptors (Lipinski definition) is 13. The van der Waals surface area contributed by atoms with E-state index in [2.05, 4.69) is 26.6 Å². The number of carboxylic acids is 1. The summed E-state index contributed by atoms with van der Waals surface area (Å²) in [6, 6.07) is 8.61. The van der Waals surface area contributed by atoms with E-state index in [4.69, 9.17) is 4.74 Å². The van der Waals surface area contributed by atoms with Crippen LogP contribution in [0.15, 0.2) is 78.9 Å². The zero-order valence-corrected chi connectivity index (χ0v) is 40.9. The molecule has 388 valence electrons. The molecule has 0 spiro atoms. The minimum absolute atomic E-state index is 0.00376. The van der Waals surface area contributed by atoms with Crippen molar-refractivity contribution in [3.63, 3.8) is 0 Å². The van der Waals surface area contributed by atoms with Crippen LogP contribution in [0.4, 0.5) is 4.79 Å². The Bertz CT molecular complexity index is 2420. The van der Waals surface area contributed by atoms with Crippen molar-refractivity contribution in [1.29, 1.82) is 0 Å². The zero-order chi connectivity index (χ0) is 52.8. The molecular weight excluding hydrogens is 935 g/mol. The number of rotatable bonds is 15. The van der Waals surface area contributed by atoms with Gasteiger partial charge in [0, 0.05) is 26.4 Å². The SMILES string of the molecule is CCCC(=O)NC(CC(=O)O)C(=O)NC1C(=O)NC(Cc2ccc(O)cc2)C(=O)NC2CCC(O)C(C2=O)N(Cc2ccccc2)C(=O)N(C)C(CCc2ccc(O)cc2)C(=O)NC(C(C)C)C(=O)OC1C. The van der Waals surface area contributed by atoms with Crippen LogP contribution in [-0.4, -0.2) is 145 Å². The number of Topliss-reactive ketones (excluding diaryl/α,β-unsaturated/α-hetero) is 1. The van der Waals surface area contributed by atoms with Gasteiger partial charge in [0.25, 0.3) is 0 Å². The third-order valence-corrected chi connectivity index (χ3v) is 12.6. The van der Waals surface area contributed by atoms with Crippen LogP contribution in [0.3, 0.4) is 0 Å². The van der Waals surface area contributed by atoms with Gasteiger partial charge in [0.2, 0.25) is 29.5 Å². The summed E-state index contributed by atoms with van der Waals surface area (Å²) >= 11 is 0. The summed E-state index contributed by atoms with van der Waals surface area (Å²) in [6.45, 7) is 5.88. The molecule has 21 heteroatoms. The highest BCUT2D eigenvalue weighted by molar-refractivity contribution is 6.00. The maximum absolute atomic E-state index is 15.1. The largest absolute Gasteiger partial charge is 0.508 e. The number of fused-ring (bicyclic) bond motifs is 2. The number of hydrogen-bond donors (Lipinski definition) is 9. The molecular formula is C51H65N7O14. The van der Waals surface area contributed by atoms with E-state index >= 15 is 4.79 Å². The van der Waals surface area contributed by atoms with E-state index in [-0.39, 0.29) is 56.6 Å². The van der Waals surface area contributed by atoms with E-state index in [1.807, 2.05) is 0 Å². The van der Waals surface area contributed by atoms with Crippen LogP contribution in [0.1, 0.15) is 82.9 Å². The lowest BCUT2D eigenvalue weighted by Crippen LogP contribution is -2.64. The number of ether oxygens (including phenoxy) is 1. The number of aliphatic hydroxyl groups excluding tert-OH is 1. The average molecular weight is 1000 g/mol. The number of phenolic OH excluding ortho intramolecular Hbond substituents is 2. The highest BCUT2D eigenvalue weighted by atomic mass is 16.5. The van der Waals surface area contributed by atoms with Gasteiger partial charge in [-0.3, -0.25) is 33.6 Å². The zero-order valence-electron chi connectivity index (χ0n) is 40.9. The highest BCUT2D eigenvalue weighted by Gasteiger charge is 2.46. The number of carbonyl (C=O) groups is 9. The van der Waals surface area contributed by atoms with Crippen molar-refractivity contribution < 1.29 is 68.3 Å². The molecule has 9 atom stereocenters. The lowest BCUT2D eigenvalue weighted by Gasteiger charge is -2.42. The quantitative estimate of drug-likeness (QED) is 0.0978. The van der Waals surface area contributed by atoms with Crippen LogP contribution < -0.4 is 26.6 Å². The van der Waals surface area contributed by atoms with Gasteiger partial charge in [-0.05, 0) is 85.9 Å². The summed E-state index contributed by atoms with van der Waals surface area (Å²) in [7, 11) is 1.34. The fourth-order valence-electron chi connectivity index (χ4n) is 8.62. The third kappa shape index (κ3) is 15.0. The van der Waals surface area contributed by atoms with Gasteiger partial charge in [-0.2, -0.15) is 0 Å². The Labute approximate surface area is 417 Å². The number of aliphatic hydroxyl groups is 1. The number of carboxylic acid groups (broad SMARTS) is 1. The summed E-state index contributed by atoms with van der Waals surface area (Å²) in [5.41, 5.74) is 1.64. The number of nitrogens with zero attached hydrogens (tertiary/aromatic N) is 2. The topological polar surface area (TPSA) is 310 Å². The number of esters is 1. The molecule has 1 saturated carbocycles. The summed E-state index contributed by atoms with van der Waals surface area (Å²) < 4.78 is 5.84. The fraction of sp³-hybridized carbons (Fsp3) is 0.471. The van der Waals surface area contributed by atoms with E-state index in [0.29, 0.717) is 23.1 Å². The molecule has 0 radical (unpaired) electrons. The molecule has 2 fully saturated rings. The van der Waals surface area contributed by atoms with Crippen LogP contribution in [0.5, 0.6) is 11.5 Å². The molecule has 21 nitrogen and oxygen atoms in total. The molecule has 2 bridgehead atoms. The Balaban J connectivity index is 1.64. The molecule has 1 saturated heterocycles. The van der Waals surface area contributed by atoms with E-state index in [9.17, 15) is 58.8 Å². The lowest BCUT2D eigenvalue weighted by atomic mass is 9.85. The van der Waals surface area contributed by atoms with Crippen molar-refractivity contribution in [1.82, 2.24) is 36.4 Å². The summed E-state index contributed by atoms with van der Waals surface area (Å²) in [5, 5.41) is 54.0. The van der Waals surface area contributed by atoms with Crippen molar-refractivity contribution in [3.8, 4) is 11.5 Å². The Hall–Kier alpha value is -7.55. The third-order valence-electron chi connectivity index (χ3n) is 12.6. The number of carbonyl (C=O) groups excluding carboxylic acids is 8. The molecule has 3 aromatic rings. The number of phenols is 2. The predicted octanol–water partition coefficient (Wildman–Crippen LogP) is 1.59. The molecule has 9 N–H and O–H groups in total. The van der Waals surface area contributed by atoms with Gasteiger partial charge in [-0.1, -0.05) is 75.4 Å². The number of amides is 7. The molecule has 0 aromatic heterocycles. The van der Waals surface area contributed by atoms with Gasteiger partial charge in [-0.25, -0.2) is 9.59 Å². The first-order valence-corrected chi connectivity index (χ1v) is 23.9. The monoisotopic (exact) mass is 999 g/mol. The normalized spacial score (nSPS) is 24.1. The van der Waals surface area contributed by atoms with Gasteiger partial charge in [-0.15, -0.1) is 0 Å². The van der Waals surface area contributed by atoms with Gasteiger partial charge in [0.05, 0.1) is 18.6 Å². The summed E-state index contributed by atoms with van der Waals surface area (Å²) in [4.78, 5) is 129. The molecule has 72 heavy (non-hydrogen) atoms. The van der Waals surface area contributed by atoms with E-state index in [0.717, 1.165) is 9.80 Å². The number of aromatic hydroxyl groups is 2. The molecule has 5 rings (SSSR count). The molecule has 9 unspecified atom stereocenters. The number of aliphatic carboxylic acids is 1.